The van der Waals surface area contributed by atoms with Crippen molar-refractivity contribution >= 4 is 53.0 Å². The van der Waals surface area contributed by atoms with Crippen LogP contribution in [0.5, 0.6) is 0 Å². The first-order valence-corrected chi connectivity index (χ1v) is 12.1. The summed E-state index contributed by atoms with van der Waals surface area (Å²) in [6, 6.07) is 13.9. The molecule has 1 unspecified atom stereocenters. The van der Waals surface area contributed by atoms with Gasteiger partial charge in [-0.15, -0.1) is 11.8 Å². The van der Waals surface area contributed by atoms with E-state index >= 15 is 0 Å². The van der Waals surface area contributed by atoms with Gasteiger partial charge in [-0.25, -0.2) is 0 Å². The summed E-state index contributed by atoms with van der Waals surface area (Å²) in [5.41, 5.74) is 3.56. The van der Waals surface area contributed by atoms with E-state index in [0.717, 1.165) is 42.3 Å². The second kappa shape index (κ2) is 9.78. The van der Waals surface area contributed by atoms with Crippen molar-refractivity contribution in [2.75, 3.05) is 37.3 Å². The Balaban J connectivity index is 1.64. The normalized spacial score (nSPS) is 22.4. The first kappa shape index (κ1) is 21.8. The highest BCUT2D eigenvalue weighted by Crippen LogP contribution is 2.37. The largest absolute Gasteiger partial charge is 0.356 e. The Bertz CT molecular complexity index is 941. The Morgan fingerprint density at radius 1 is 1.03 bits per heavy atom. The molecule has 0 amide bonds. The highest BCUT2D eigenvalue weighted by molar-refractivity contribution is 8.03. The van der Waals surface area contributed by atoms with Gasteiger partial charge in [-0.05, 0) is 74.3 Å². The number of anilines is 1. The van der Waals surface area contributed by atoms with Gasteiger partial charge in [-0.2, -0.15) is 0 Å². The van der Waals surface area contributed by atoms with Crippen LogP contribution in [0.15, 0.2) is 47.4 Å². The van der Waals surface area contributed by atoms with E-state index in [1.54, 1.807) is 17.8 Å². The van der Waals surface area contributed by atoms with Crippen molar-refractivity contribution in [2.45, 2.75) is 24.8 Å². The van der Waals surface area contributed by atoms with Gasteiger partial charge in [-0.3, -0.25) is 0 Å². The van der Waals surface area contributed by atoms with E-state index in [0.29, 0.717) is 16.0 Å². The molecule has 2 fully saturated rings. The van der Waals surface area contributed by atoms with E-state index in [1.165, 1.54) is 24.0 Å². The van der Waals surface area contributed by atoms with Crippen LogP contribution >= 0.6 is 35.0 Å². The molecule has 0 bridgehead atoms. The molecule has 2 aromatic rings. The van der Waals surface area contributed by atoms with E-state index in [2.05, 4.69) is 47.2 Å². The number of nitrogens with zero attached hydrogens (tertiary/aromatic N) is 2. The highest BCUT2D eigenvalue weighted by atomic mass is 35.5. The van der Waals surface area contributed by atoms with Gasteiger partial charge in [0.2, 0.25) is 0 Å². The molecule has 1 atom stereocenters. The number of benzene rings is 2. The third-order valence-corrected chi connectivity index (χ3v) is 7.86. The predicted molar refractivity (Wildman–Crippen MR) is 130 cm³/mol. The smallest absolute Gasteiger partial charge is 0.147 e. The molecule has 2 heterocycles. The van der Waals surface area contributed by atoms with Crippen LogP contribution in [0.2, 0.25) is 10.0 Å². The zero-order valence-corrected chi connectivity index (χ0v) is 19.4. The first-order chi connectivity index (χ1) is 14.6. The quantitative estimate of drug-likeness (QED) is 0.524. The lowest BCUT2D eigenvalue weighted by Gasteiger charge is -2.36. The fourth-order valence-electron chi connectivity index (χ4n) is 4.35. The molecule has 30 heavy (non-hydrogen) atoms. The number of aldehydes is 1. The van der Waals surface area contributed by atoms with E-state index in [9.17, 15) is 4.79 Å². The topological polar surface area (TPSA) is 23.6 Å². The Kier molecular flexibility index (Phi) is 7.09. The van der Waals surface area contributed by atoms with Crippen molar-refractivity contribution in [3.8, 4) is 0 Å². The second-order valence-electron chi connectivity index (χ2n) is 7.97. The van der Waals surface area contributed by atoms with Crippen LogP contribution in [-0.2, 0) is 4.79 Å². The van der Waals surface area contributed by atoms with E-state index in [4.69, 9.17) is 23.2 Å². The van der Waals surface area contributed by atoms with Gasteiger partial charge in [0.1, 0.15) is 12.3 Å². The molecule has 0 aromatic heterocycles. The van der Waals surface area contributed by atoms with Crippen LogP contribution in [0.3, 0.4) is 0 Å². The van der Waals surface area contributed by atoms with Gasteiger partial charge in [0, 0.05) is 22.9 Å². The molecule has 3 nitrogen and oxygen atoms in total. The predicted octanol–water partition coefficient (Wildman–Crippen LogP) is 5.96. The molecule has 0 saturated carbocycles. The fraction of sp³-hybridized carbons (Fsp3) is 0.375. The summed E-state index contributed by atoms with van der Waals surface area (Å²) < 4.78 is 0. The average molecular weight is 461 g/mol. The lowest BCUT2D eigenvalue weighted by atomic mass is 9.86. The number of carbonyl (C=O) groups excluding carboxylic acids is 1. The first-order valence-electron chi connectivity index (χ1n) is 10.4. The molecule has 158 valence electrons. The van der Waals surface area contributed by atoms with Crippen LogP contribution in [0.4, 0.5) is 5.69 Å². The van der Waals surface area contributed by atoms with E-state index in [-0.39, 0.29) is 6.04 Å². The molecule has 0 spiro atoms. The standard InChI is InChI=1S/C24H26Cl2N2OS/c1-27-10-8-17(9-11-27)20-5-3-2-4-18(20)14-24-23(16-29)28(12-13-30-24)19-6-7-21(25)22(26)15-19/h2-7,14-17,23H,8-13H2,1H3. The van der Waals surface area contributed by atoms with Gasteiger partial charge < -0.3 is 14.6 Å². The van der Waals surface area contributed by atoms with Crippen molar-refractivity contribution in [3.63, 3.8) is 0 Å². The highest BCUT2D eigenvalue weighted by Gasteiger charge is 2.28. The Morgan fingerprint density at radius 3 is 2.53 bits per heavy atom. The summed E-state index contributed by atoms with van der Waals surface area (Å²) in [7, 11) is 2.19. The van der Waals surface area contributed by atoms with Crippen LogP contribution in [0.25, 0.3) is 6.08 Å². The van der Waals surface area contributed by atoms with Crippen molar-refractivity contribution in [2.24, 2.45) is 0 Å². The summed E-state index contributed by atoms with van der Waals surface area (Å²) >= 11 is 14.1. The maximum Gasteiger partial charge on any atom is 0.147 e. The van der Waals surface area contributed by atoms with Crippen LogP contribution in [0.1, 0.15) is 29.9 Å². The number of likely N-dealkylation sites (tertiary alicyclic amines) is 1. The number of piperidine rings is 1. The molecule has 2 saturated heterocycles. The summed E-state index contributed by atoms with van der Waals surface area (Å²) in [5, 5.41) is 1.03. The number of hydrogen-bond donors (Lipinski definition) is 0. The maximum atomic E-state index is 12.2. The fourth-order valence-corrected chi connectivity index (χ4v) is 5.73. The lowest BCUT2D eigenvalue weighted by Crippen LogP contribution is -2.42. The molecule has 0 aliphatic carbocycles. The molecule has 2 aliphatic rings. The minimum Gasteiger partial charge on any atom is -0.356 e. The number of halogens is 2. The number of thioether (sulfide) groups is 1. The minimum atomic E-state index is -0.313. The van der Waals surface area contributed by atoms with E-state index in [1.807, 2.05) is 12.1 Å². The van der Waals surface area contributed by atoms with Crippen LogP contribution in [-0.4, -0.2) is 49.7 Å². The molecule has 0 N–H and O–H groups in total. The van der Waals surface area contributed by atoms with Crippen molar-refractivity contribution in [1.82, 2.24) is 4.90 Å². The Hall–Kier alpha value is -1.46. The molecule has 2 aromatic carbocycles. The Labute approximate surface area is 193 Å². The van der Waals surface area contributed by atoms with Gasteiger partial charge in [0.05, 0.1) is 10.0 Å². The third-order valence-electron chi connectivity index (χ3n) is 6.04. The van der Waals surface area contributed by atoms with Crippen molar-refractivity contribution < 1.29 is 4.79 Å². The van der Waals surface area contributed by atoms with Crippen molar-refractivity contribution in [1.29, 1.82) is 0 Å². The molecular weight excluding hydrogens is 435 g/mol. The third kappa shape index (κ3) is 4.72. The maximum absolute atomic E-state index is 12.2. The zero-order chi connectivity index (χ0) is 21.1. The molecule has 0 radical (unpaired) electrons. The number of hydrogen-bond acceptors (Lipinski definition) is 4. The van der Waals surface area contributed by atoms with Gasteiger partial charge in [0.15, 0.2) is 0 Å². The number of carbonyl (C=O) groups is 1. The van der Waals surface area contributed by atoms with Crippen molar-refractivity contribution in [3.05, 3.63) is 68.5 Å². The SMILES string of the molecule is CN1CCC(c2ccccc2C=C2SCCN(c3ccc(Cl)c(Cl)c3)C2C=O)CC1. The summed E-state index contributed by atoms with van der Waals surface area (Å²) in [6.07, 6.45) is 5.62. The van der Waals surface area contributed by atoms with Gasteiger partial charge >= 0.3 is 0 Å². The Morgan fingerprint density at radius 2 is 1.80 bits per heavy atom. The summed E-state index contributed by atoms with van der Waals surface area (Å²) in [4.78, 5) is 17.8. The molecular formula is C24H26Cl2N2OS. The zero-order valence-electron chi connectivity index (χ0n) is 17.1. The summed E-state index contributed by atoms with van der Waals surface area (Å²) in [6.45, 7) is 3.05. The van der Waals surface area contributed by atoms with Crippen LogP contribution < -0.4 is 4.90 Å². The summed E-state index contributed by atoms with van der Waals surface area (Å²) in [5.74, 6) is 1.50. The minimum absolute atomic E-state index is 0.313. The van der Waals surface area contributed by atoms with E-state index < -0.39 is 0 Å². The van der Waals surface area contributed by atoms with Crippen LogP contribution in [0, 0.1) is 0 Å². The average Bonchev–Trinajstić information content (AvgIpc) is 2.76. The second-order valence-corrected chi connectivity index (χ2v) is 9.96. The van der Waals surface area contributed by atoms with Gasteiger partial charge in [0.25, 0.3) is 0 Å². The molecule has 6 heteroatoms. The molecule has 4 rings (SSSR count). The lowest BCUT2D eigenvalue weighted by molar-refractivity contribution is -0.108. The number of rotatable bonds is 4. The molecule has 2 aliphatic heterocycles. The monoisotopic (exact) mass is 460 g/mol. The van der Waals surface area contributed by atoms with Gasteiger partial charge in [-0.1, -0.05) is 47.5 Å².